The lowest BCUT2D eigenvalue weighted by atomic mass is 10.0. The molecule has 5 heteroatoms. The van der Waals surface area contributed by atoms with Gasteiger partial charge in [0.25, 0.3) is 0 Å². The second kappa shape index (κ2) is 6.78. The van der Waals surface area contributed by atoms with Crippen LogP contribution >= 0.6 is 0 Å². The highest BCUT2D eigenvalue weighted by Crippen LogP contribution is 2.22. The summed E-state index contributed by atoms with van der Waals surface area (Å²) in [6, 6.07) is 3.83. The van der Waals surface area contributed by atoms with E-state index in [1.165, 1.54) is 0 Å². The monoisotopic (exact) mass is 265 g/mol. The number of esters is 1. The highest BCUT2D eigenvalue weighted by atomic mass is 16.5. The third-order valence-corrected chi connectivity index (χ3v) is 2.80. The lowest BCUT2D eigenvalue weighted by molar-refractivity contribution is -0.154. The average Bonchev–Trinajstić information content (AvgIpc) is 2.39. The van der Waals surface area contributed by atoms with Crippen molar-refractivity contribution in [1.82, 2.24) is 5.32 Å². The van der Waals surface area contributed by atoms with E-state index in [1.54, 1.807) is 14.0 Å². The number of carbonyl (C=O) groups is 2. The average molecular weight is 265 g/mol. The minimum Gasteiger partial charge on any atom is -0.496 e. The van der Waals surface area contributed by atoms with Crippen molar-refractivity contribution in [3.05, 3.63) is 28.8 Å². The predicted molar refractivity (Wildman–Crippen MR) is 70.9 cm³/mol. The van der Waals surface area contributed by atoms with Crippen LogP contribution in [-0.4, -0.2) is 25.6 Å². The maximum atomic E-state index is 11.4. The Bertz CT molecular complexity index is 483. The quantitative estimate of drug-likeness (QED) is 0.661. The molecule has 1 amide bonds. The Kier molecular flexibility index (Phi) is 5.36. The molecule has 0 fully saturated rings. The molecule has 0 aromatic heterocycles. The van der Waals surface area contributed by atoms with E-state index in [2.05, 4.69) is 10.1 Å². The van der Waals surface area contributed by atoms with Crippen LogP contribution in [0, 0.1) is 13.8 Å². The van der Waals surface area contributed by atoms with Gasteiger partial charge in [0.1, 0.15) is 5.75 Å². The molecule has 104 valence electrons. The van der Waals surface area contributed by atoms with Crippen molar-refractivity contribution < 1.29 is 19.1 Å². The number of nitrogens with one attached hydrogen (secondary N) is 1. The Morgan fingerprint density at radius 2 is 1.84 bits per heavy atom. The Morgan fingerprint density at radius 3 is 2.42 bits per heavy atom. The van der Waals surface area contributed by atoms with Gasteiger partial charge in [0, 0.05) is 12.1 Å². The van der Waals surface area contributed by atoms with E-state index in [4.69, 9.17) is 4.74 Å². The van der Waals surface area contributed by atoms with Gasteiger partial charge in [-0.1, -0.05) is 6.07 Å². The minimum atomic E-state index is -0.870. The summed E-state index contributed by atoms with van der Waals surface area (Å²) in [5.41, 5.74) is 3.03. The normalized spacial score (nSPS) is 9.89. The number of hydrogen-bond acceptors (Lipinski definition) is 4. The van der Waals surface area contributed by atoms with E-state index < -0.39 is 11.9 Å². The van der Waals surface area contributed by atoms with Crippen molar-refractivity contribution in [2.75, 3.05) is 13.7 Å². The summed E-state index contributed by atoms with van der Waals surface area (Å²) in [6.45, 7) is 6.02. The predicted octanol–water partition coefficient (Wildman–Crippen LogP) is 1.49. The molecule has 0 unspecified atom stereocenters. The second-order valence-corrected chi connectivity index (χ2v) is 4.15. The molecule has 0 radical (unpaired) electrons. The topological polar surface area (TPSA) is 64.6 Å². The van der Waals surface area contributed by atoms with Crippen LogP contribution in [0.1, 0.15) is 23.6 Å². The molecule has 0 atom stereocenters. The first-order valence-electron chi connectivity index (χ1n) is 6.08. The van der Waals surface area contributed by atoms with Crippen molar-refractivity contribution >= 4 is 11.9 Å². The number of carbonyl (C=O) groups excluding carboxylic acids is 2. The van der Waals surface area contributed by atoms with Crippen LogP contribution in [0.25, 0.3) is 0 Å². The molecule has 0 saturated carbocycles. The first kappa shape index (κ1) is 15.0. The number of ether oxygens (including phenoxy) is 2. The fourth-order valence-electron chi connectivity index (χ4n) is 1.62. The maximum absolute atomic E-state index is 11.4. The molecule has 0 aliphatic carbocycles. The number of benzene rings is 1. The van der Waals surface area contributed by atoms with Crippen LogP contribution in [0.5, 0.6) is 5.75 Å². The van der Waals surface area contributed by atoms with Gasteiger partial charge in [-0.05, 0) is 38.0 Å². The van der Waals surface area contributed by atoms with Crippen LogP contribution < -0.4 is 10.1 Å². The lowest BCUT2D eigenvalue weighted by Gasteiger charge is -2.12. The molecular weight excluding hydrogens is 246 g/mol. The number of hydrogen-bond donors (Lipinski definition) is 1. The van der Waals surface area contributed by atoms with Gasteiger partial charge in [-0.15, -0.1) is 0 Å². The van der Waals surface area contributed by atoms with Gasteiger partial charge in [0.15, 0.2) is 0 Å². The minimum absolute atomic E-state index is 0.180. The Hall–Kier alpha value is -2.04. The molecule has 1 aromatic rings. The van der Waals surface area contributed by atoms with Gasteiger partial charge in [-0.25, -0.2) is 4.79 Å². The highest BCUT2D eigenvalue weighted by molar-refractivity contribution is 6.32. The number of rotatable bonds is 4. The highest BCUT2D eigenvalue weighted by Gasteiger charge is 2.15. The Morgan fingerprint density at radius 1 is 1.21 bits per heavy atom. The number of aryl methyl sites for hydroxylation is 2. The van der Waals surface area contributed by atoms with E-state index in [0.717, 1.165) is 16.7 Å². The molecule has 1 N–H and O–H groups in total. The second-order valence-electron chi connectivity index (χ2n) is 4.15. The van der Waals surface area contributed by atoms with Gasteiger partial charge in [-0.2, -0.15) is 0 Å². The zero-order valence-electron chi connectivity index (χ0n) is 11.7. The standard InChI is InChI=1S/C14H19NO4/c1-5-19-14(17)13(16)15-8-11-6-9(2)10(3)7-12(11)18-4/h6-7H,5,8H2,1-4H3,(H,15,16). The Labute approximate surface area is 112 Å². The van der Waals surface area contributed by atoms with E-state index in [0.29, 0.717) is 5.75 Å². The van der Waals surface area contributed by atoms with Crippen molar-refractivity contribution in [1.29, 1.82) is 0 Å². The van der Waals surface area contributed by atoms with Crippen LogP contribution in [0.4, 0.5) is 0 Å². The van der Waals surface area contributed by atoms with Crippen molar-refractivity contribution in [3.8, 4) is 5.75 Å². The number of amides is 1. The Balaban J connectivity index is 2.75. The van der Waals surface area contributed by atoms with Gasteiger partial charge in [0.05, 0.1) is 13.7 Å². The summed E-state index contributed by atoms with van der Waals surface area (Å²) < 4.78 is 9.86. The number of methoxy groups -OCH3 is 1. The smallest absolute Gasteiger partial charge is 0.396 e. The van der Waals surface area contributed by atoms with Gasteiger partial charge >= 0.3 is 11.9 Å². The molecule has 0 heterocycles. The molecular formula is C14H19NO4. The van der Waals surface area contributed by atoms with Gasteiger partial charge in [-0.3, -0.25) is 4.79 Å². The molecule has 0 bridgehead atoms. The van der Waals surface area contributed by atoms with Crippen LogP contribution in [-0.2, 0) is 20.9 Å². The first-order chi connectivity index (χ1) is 8.99. The van der Waals surface area contributed by atoms with Gasteiger partial charge in [0.2, 0.25) is 0 Å². The molecule has 0 saturated heterocycles. The third-order valence-electron chi connectivity index (χ3n) is 2.80. The van der Waals surface area contributed by atoms with Crippen molar-refractivity contribution in [3.63, 3.8) is 0 Å². The maximum Gasteiger partial charge on any atom is 0.396 e. The fourth-order valence-corrected chi connectivity index (χ4v) is 1.62. The molecule has 0 aliphatic rings. The largest absolute Gasteiger partial charge is 0.496 e. The van der Waals surface area contributed by atoms with Crippen LogP contribution in [0.2, 0.25) is 0 Å². The fraction of sp³-hybridized carbons (Fsp3) is 0.429. The van der Waals surface area contributed by atoms with E-state index in [1.807, 2.05) is 26.0 Å². The third kappa shape index (κ3) is 3.98. The molecule has 19 heavy (non-hydrogen) atoms. The lowest BCUT2D eigenvalue weighted by Crippen LogP contribution is -2.32. The van der Waals surface area contributed by atoms with Crippen molar-refractivity contribution in [2.24, 2.45) is 0 Å². The summed E-state index contributed by atoms with van der Waals surface area (Å²) in [5.74, 6) is -0.931. The SMILES string of the molecule is CCOC(=O)C(=O)NCc1cc(C)c(C)cc1OC. The summed E-state index contributed by atoms with van der Waals surface area (Å²) >= 11 is 0. The van der Waals surface area contributed by atoms with E-state index in [-0.39, 0.29) is 13.2 Å². The van der Waals surface area contributed by atoms with Gasteiger partial charge < -0.3 is 14.8 Å². The van der Waals surface area contributed by atoms with E-state index in [9.17, 15) is 9.59 Å². The van der Waals surface area contributed by atoms with Crippen LogP contribution in [0.3, 0.4) is 0 Å². The molecule has 0 spiro atoms. The first-order valence-corrected chi connectivity index (χ1v) is 6.08. The molecule has 1 aromatic carbocycles. The van der Waals surface area contributed by atoms with E-state index >= 15 is 0 Å². The van der Waals surface area contributed by atoms with Crippen LogP contribution in [0.15, 0.2) is 12.1 Å². The zero-order valence-corrected chi connectivity index (χ0v) is 11.7. The van der Waals surface area contributed by atoms with Crippen molar-refractivity contribution in [2.45, 2.75) is 27.3 Å². The molecule has 0 aliphatic heterocycles. The summed E-state index contributed by atoms with van der Waals surface area (Å²) in [7, 11) is 1.57. The molecule has 5 nitrogen and oxygen atoms in total. The summed E-state index contributed by atoms with van der Waals surface area (Å²) in [6.07, 6.45) is 0. The molecule has 1 rings (SSSR count). The summed E-state index contributed by atoms with van der Waals surface area (Å²) in [5, 5.41) is 2.51. The summed E-state index contributed by atoms with van der Waals surface area (Å²) in [4.78, 5) is 22.6. The zero-order chi connectivity index (χ0) is 14.4.